The van der Waals surface area contributed by atoms with Gasteiger partial charge in [-0.1, -0.05) is 54.6 Å². The lowest BCUT2D eigenvalue weighted by Crippen LogP contribution is -2.30. The maximum absolute atomic E-state index is 5.48. The summed E-state index contributed by atoms with van der Waals surface area (Å²) in [5.74, 6) is 1.37. The first-order valence-corrected chi connectivity index (χ1v) is 9.16. The van der Waals surface area contributed by atoms with Gasteiger partial charge in [0.2, 0.25) is 5.89 Å². The van der Waals surface area contributed by atoms with E-state index in [4.69, 9.17) is 9.15 Å². The van der Waals surface area contributed by atoms with Crippen LogP contribution in [0.3, 0.4) is 0 Å². The summed E-state index contributed by atoms with van der Waals surface area (Å²) >= 11 is 0. The number of fused-ring (bicyclic) bond motifs is 1. The van der Waals surface area contributed by atoms with Gasteiger partial charge in [0.25, 0.3) is 0 Å². The molecule has 0 bridgehead atoms. The van der Waals surface area contributed by atoms with Crippen molar-refractivity contribution < 1.29 is 9.15 Å². The molecule has 0 amide bonds. The van der Waals surface area contributed by atoms with Crippen LogP contribution in [-0.2, 0) is 11.8 Å². The smallest absolute Gasteiger partial charge is 0.247 e. The summed E-state index contributed by atoms with van der Waals surface area (Å²) in [7, 11) is 1.70. The van der Waals surface area contributed by atoms with E-state index in [0.29, 0.717) is 5.89 Å². The van der Waals surface area contributed by atoms with Crippen LogP contribution in [0.25, 0.3) is 17.7 Å². The minimum atomic E-state index is -0.316. The predicted octanol–water partition coefficient (Wildman–Crippen LogP) is 4.63. The van der Waals surface area contributed by atoms with E-state index in [1.54, 1.807) is 19.6 Å². The van der Waals surface area contributed by atoms with E-state index in [-0.39, 0.29) is 5.41 Å². The Kier molecular flexibility index (Phi) is 3.86. The third kappa shape index (κ3) is 2.55. The number of ether oxygens (including phenoxy) is 1. The number of nitrogens with zero attached hydrogens (tertiary/aromatic N) is 2. The molecule has 1 aliphatic rings. The van der Waals surface area contributed by atoms with Crippen molar-refractivity contribution in [3.8, 4) is 17.3 Å². The van der Waals surface area contributed by atoms with Gasteiger partial charge in [-0.2, -0.15) is 5.10 Å². The summed E-state index contributed by atoms with van der Waals surface area (Å²) < 4.78 is 10.9. The van der Waals surface area contributed by atoms with Gasteiger partial charge in [0.1, 0.15) is 12.0 Å². The van der Waals surface area contributed by atoms with Gasteiger partial charge in [0.05, 0.1) is 13.3 Å². The molecular weight excluding hydrogens is 350 g/mol. The van der Waals surface area contributed by atoms with Crippen molar-refractivity contribution in [2.24, 2.45) is 0 Å². The van der Waals surface area contributed by atoms with E-state index >= 15 is 0 Å². The second-order valence-corrected chi connectivity index (χ2v) is 6.88. The molecule has 0 saturated carbocycles. The van der Waals surface area contributed by atoms with Crippen molar-refractivity contribution in [3.63, 3.8) is 0 Å². The van der Waals surface area contributed by atoms with Crippen LogP contribution in [0.5, 0.6) is 5.75 Å². The Morgan fingerprint density at radius 2 is 1.93 bits per heavy atom. The number of allylic oxidation sites excluding steroid dienone is 1. The number of aromatic amines is 1. The lowest BCUT2D eigenvalue weighted by molar-refractivity contribution is 0.413. The second kappa shape index (κ2) is 6.53. The molecule has 1 unspecified atom stereocenters. The Hall–Kier alpha value is -3.60. The number of rotatable bonds is 4. The summed E-state index contributed by atoms with van der Waals surface area (Å²) in [6.45, 7) is 0. The molecule has 2 heterocycles. The molecular formula is C23H19N3O2. The van der Waals surface area contributed by atoms with E-state index in [1.165, 1.54) is 11.1 Å². The minimum absolute atomic E-state index is 0.316. The molecule has 0 aliphatic heterocycles. The van der Waals surface area contributed by atoms with E-state index in [0.717, 1.165) is 29.1 Å². The first-order valence-electron chi connectivity index (χ1n) is 9.16. The van der Waals surface area contributed by atoms with Crippen molar-refractivity contribution in [2.75, 3.05) is 7.11 Å². The first kappa shape index (κ1) is 16.6. The lowest BCUT2D eigenvalue weighted by Gasteiger charge is -2.34. The lowest BCUT2D eigenvalue weighted by atomic mass is 9.68. The minimum Gasteiger partial charge on any atom is -0.497 e. The monoisotopic (exact) mass is 369 g/mol. The zero-order chi connectivity index (χ0) is 19.0. The van der Waals surface area contributed by atoms with Crippen LogP contribution in [0.4, 0.5) is 0 Å². The van der Waals surface area contributed by atoms with Gasteiger partial charge in [-0.05, 0) is 23.3 Å². The van der Waals surface area contributed by atoms with Crippen LogP contribution in [0.2, 0.25) is 0 Å². The van der Waals surface area contributed by atoms with E-state index in [9.17, 15) is 0 Å². The van der Waals surface area contributed by atoms with Crippen LogP contribution in [0.1, 0.15) is 22.4 Å². The highest BCUT2D eigenvalue weighted by Gasteiger charge is 2.37. The molecule has 2 aromatic heterocycles. The normalized spacial score (nSPS) is 18.0. The average molecular weight is 369 g/mol. The number of hydrogen-bond acceptors (Lipinski definition) is 4. The third-order valence-electron chi connectivity index (χ3n) is 5.38. The molecule has 28 heavy (non-hydrogen) atoms. The maximum Gasteiger partial charge on any atom is 0.247 e. The SMILES string of the molecule is COc1cccc(C2(c3ccccc3)C=Cc3c(-c4ncco4)n[nH]c3C2)c1. The van der Waals surface area contributed by atoms with E-state index < -0.39 is 0 Å². The quantitative estimate of drug-likeness (QED) is 0.570. The Morgan fingerprint density at radius 3 is 2.71 bits per heavy atom. The Bertz CT molecular complexity index is 1130. The largest absolute Gasteiger partial charge is 0.497 e. The Balaban J connectivity index is 1.67. The molecule has 0 spiro atoms. The van der Waals surface area contributed by atoms with Crippen LogP contribution < -0.4 is 4.74 Å². The van der Waals surface area contributed by atoms with Crippen LogP contribution in [-0.4, -0.2) is 22.3 Å². The summed E-state index contributed by atoms with van der Waals surface area (Å²) in [5.41, 5.74) is 4.90. The van der Waals surface area contributed by atoms with Gasteiger partial charge >= 0.3 is 0 Å². The molecule has 1 atom stereocenters. The number of H-pyrrole nitrogens is 1. The molecule has 0 radical (unpaired) electrons. The zero-order valence-electron chi connectivity index (χ0n) is 15.4. The topological polar surface area (TPSA) is 63.9 Å². The maximum atomic E-state index is 5.48. The summed E-state index contributed by atoms with van der Waals surface area (Å²) in [4.78, 5) is 4.24. The molecule has 1 N–H and O–H groups in total. The molecule has 138 valence electrons. The molecule has 0 saturated heterocycles. The summed E-state index contributed by atoms with van der Waals surface area (Å²) in [5, 5.41) is 7.67. The highest BCUT2D eigenvalue weighted by atomic mass is 16.5. The van der Waals surface area contributed by atoms with Gasteiger partial charge in [0, 0.05) is 23.1 Å². The number of nitrogens with one attached hydrogen (secondary N) is 1. The first-order chi connectivity index (χ1) is 13.8. The standard InChI is InChI=1S/C23H19N3O2/c1-27-18-9-5-8-17(14-18)23(16-6-3-2-4-7-16)11-10-19-20(15-23)25-26-21(19)22-24-12-13-28-22/h2-14H,15H2,1H3,(H,25,26). The molecule has 0 fully saturated rings. The van der Waals surface area contributed by atoms with Crippen molar-refractivity contribution in [1.29, 1.82) is 0 Å². The van der Waals surface area contributed by atoms with E-state index in [2.05, 4.69) is 63.7 Å². The third-order valence-corrected chi connectivity index (χ3v) is 5.38. The number of hydrogen-bond donors (Lipinski definition) is 1. The van der Waals surface area contributed by atoms with Gasteiger partial charge in [-0.25, -0.2) is 4.98 Å². The highest BCUT2D eigenvalue weighted by molar-refractivity contribution is 5.73. The highest BCUT2D eigenvalue weighted by Crippen LogP contribution is 2.43. The molecule has 1 aliphatic carbocycles. The van der Waals surface area contributed by atoms with Crippen molar-refractivity contribution in [3.05, 3.63) is 95.5 Å². The molecule has 5 heteroatoms. The fourth-order valence-electron chi connectivity index (χ4n) is 3.97. The fraction of sp³-hybridized carbons (Fsp3) is 0.130. The number of aromatic nitrogens is 3. The van der Waals surface area contributed by atoms with Gasteiger partial charge in [0.15, 0.2) is 5.69 Å². The van der Waals surface area contributed by atoms with Gasteiger partial charge < -0.3 is 9.15 Å². The molecule has 5 nitrogen and oxygen atoms in total. The van der Waals surface area contributed by atoms with Crippen molar-refractivity contribution >= 4 is 6.08 Å². The number of benzene rings is 2. The molecule has 5 rings (SSSR count). The average Bonchev–Trinajstić information content (AvgIpc) is 3.43. The second-order valence-electron chi connectivity index (χ2n) is 6.88. The van der Waals surface area contributed by atoms with Crippen molar-refractivity contribution in [1.82, 2.24) is 15.2 Å². The van der Waals surface area contributed by atoms with Crippen LogP contribution in [0, 0.1) is 0 Å². The number of oxazole rings is 1. The Morgan fingerprint density at radius 1 is 1.07 bits per heavy atom. The summed E-state index contributed by atoms with van der Waals surface area (Å²) in [6, 6.07) is 18.8. The van der Waals surface area contributed by atoms with Gasteiger partial charge in [-0.3, -0.25) is 5.10 Å². The predicted molar refractivity (Wildman–Crippen MR) is 107 cm³/mol. The van der Waals surface area contributed by atoms with Gasteiger partial charge in [-0.15, -0.1) is 0 Å². The van der Waals surface area contributed by atoms with Crippen molar-refractivity contribution in [2.45, 2.75) is 11.8 Å². The molecule has 4 aromatic rings. The number of methoxy groups -OCH3 is 1. The van der Waals surface area contributed by atoms with Crippen LogP contribution >= 0.6 is 0 Å². The van der Waals surface area contributed by atoms with E-state index in [1.807, 2.05) is 18.2 Å². The summed E-state index contributed by atoms with van der Waals surface area (Å²) in [6.07, 6.45) is 8.32. The zero-order valence-corrected chi connectivity index (χ0v) is 15.4. The molecule has 2 aromatic carbocycles. The van der Waals surface area contributed by atoms with Crippen LogP contribution in [0.15, 0.2) is 77.6 Å². The fourth-order valence-corrected chi connectivity index (χ4v) is 3.97. The Labute approximate surface area is 162 Å².